The molecule has 4 aromatic rings. The molecule has 0 atom stereocenters. The summed E-state index contributed by atoms with van der Waals surface area (Å²) < 4.78 is 38.1. The number of anilines is 2. The van der Waals surface area contributed by atoms with Crippen LogP contribution in [0.3, 0.4) is 0 Å². The third kappa shape index (κ3) is 5.40. The quantitative estimate of drug-likeness (QED) is 0.321. The zero-order valence-electron chi connectivity index (χ0n) is 15.9. The van der Waals surface area contributed by atoms with E-state index in [0.29, 0.717) is 21.5 Å². The fourth-order valence-electron chi connectivity index (χ4n) is 2.56. The van der Waals surface area contributed by atoms with Crippen LogP contribution in [0.25, 0.3) is 0 Å². The van der Waals surface area contributed by atoms with E-state index in [1.165, 1.54) is 53.9 Å². The van der Waals surface area contributed by atoms with Crippen molar-refractivity contribution in [2.45, 2.75) is 4.90 Å². The second-order valence-electron chi connectivity index (χ2n) is 6.25. The minimum absolute atomic E-state index is 0.00439. The normalized spacial score (nSPS) is 11.2. The summed E-state index contributed by atoms with van der Waals surface area (Å²) in [5.41, 5.74) is 0.378. The van der Waals surface area contributed by atoms with Crippen LogP contribution in [0, 0.1) is 0 Å². The number of sulfonamides is 1. The first kappa shape index (κ1) is 22.2. The number of rotatable bonds is 7. The Balaban J connectivity index is 1.41. The number of carbonyl (C=O) groups is 1. The summed E-state index contributed by atoms with van der Waals surface area (Å²) in [6.07, 6.45) is 1.50. The highest BCUT2D eigenvalue weighted by Crippen LogP contribution is 2.29. The van der Waals surface area contributed by atoms with Gasteiger partial charge in [0, 0.05) is 33.4 Å². The molecule has 2 heterocycles. The Bertz CT molecular complexity index is 1330. The van der Waals surface area contributed by atoms with Crippen LogP contribution in [0.1, 0.15) is 10.6 Å². The van der Waals surface area contributed by atoms with Crippen LogP contribution in [-0.4, -0.2) is 19.3 Å². The van der Waals surface area contributed by atoms with Crippen molar-refractivity contribution in [3.8, 4) is 11.7 Å². The zero-order valence-corrected chi connectivity index (χ0v) is 19.1. The largest absolute Gasteiger partial charge is 0.426 e. The van der Waals surface area contributed by atoms with Crippen molar-refractivity contribution in [2.24, 2.45) is 0 Å². The molecule has 12 heteroatoms. The smallest absolute Gasteiger partial charge is 0.291 e. The molecule has 1 amide bonds. The van der Waals surface area contributed by atoms with Crippen LogP contribution >= 0.6 is 34.5 Å². The highest BCUT2D eigenvalue weighted by molar-refractivity contribution is 7.93. The Labute approximate surface area is 196 Å². The second kappa shape index (κ2) is 9.21. The molecule has 0 unspecified atom stereocenters. The van der Waals surface area contributed by atoms with E-state index in [-0.39, 0.29) is 21.7 Å². The molecule has 0 bridgehead atoms. The molecule has 0 saturated heterocycles. The lowest BCUT2D eigenvalue weighted by molar-refractivity contribution is 0.0992. The number of hydrogen-bond acceptors (Lipinski definition) is 7. The molecule has 2 aromatic carbocycles. The van der Waals surface area contributed by atoms with Gasteiger partial charge in [-0.05, 0) is 48.5 Å². The number of ether oxygens (including phenoxy) is 1. The van der Waals surface area contributed by atoms with Crippen molar-refractivity contribution in [3.63, 3.8) is 0 Å². The van der Waals surface area contributed by atoms with Gasteiger partial charge in [-0.25, -0.2) is 13.4 Å². The van der Waals surface area contributed by atoms with Crippen molar-refractivity contribution < 1.29 is 22.4 Å². The summed E-state index contributed by atoms with van der Waals surface area (Å²) in [6, 6.07) is 13.2. The number of halogens is 2. The minimum Gasteiger partial charge on any atom is -0.426 e. The molecule has 2 N–H and O–H groups in total. The van der Waals surface area contributed by atoms with Gasteiger partial charge in [0.2, 0.25) is 0 Å². The molecule has 0 fully saturated rings. The van der Waals surface area contributed by atoms with E-state index in [2.05, 4.69) is 15.0 Å². The number of hydrogen-bond donors (Lipinski definition) is 2. The van der Waals surface area contributed by atoms with Crippen molar-refractivity contribution >= 4 is 61.3 Å². The van der Waals surface area contributed by atoms with E-state index in [0.717, 1.165) is 0 Å². The summed E-state index contributed by atoms with van der Waals surface area (Å²) >= 11 is 13.0. The van der Waals surface area contributed by atoms with Gasteiger partial charge in [-0.3, -0.25) is 9.52 Å². The lowest BCUT2D eigenvalue weighted by Crippen LogP contribution is -2.13. The average molecular weight is 510 g/mol. The molecule has 164 valence electrons. The molecule has 32 heavy (non-hydrogen) atoms. The molecule has 4 rings (SSSR count). The first-order valence-corrected chi connectivity index (χ1v) is 12.0. The number of thiazole rings is 1. The third-order valence-corrected chi connectivity index (χ3v) is 6.55. The highest BCUT2D eigenvalue weighted by Gasteiger charge is 2.17. The summed E-state index contributed by atoms with van der Waals surface area (Å²) in [5, 5.41) is 5.33. The first-order chi connectivity index (χ1) is 15.3. The van der Waals surface area contributed by atoms with Gasteiger partial charge in [0.25, 0.3) is 21.9 Å². The summed E-state index contributed by atoms with van der Waals surface area (Å²) in [4.78, 5) is 16.4. The Kier molecular flexibility index (Phi) is 6.38. The van der Waals surface area contributed by atoms with Gasteiger partial charge < -0.3 is 14.5 Å². The first-order valence-electron chi connectivity index (χ1n) is 8.86. The number of aromatic nitrogens is 1. The van der Waals surface area contributed by atoms with Crippen LogP contribution in [0.4, 0.5) is 10.8 Å². The molecule has 8 nitrogen and oxygen atoms in total. The molecule has 0 aliphatic heterocycles. The summed E-state index contributed by atoms with van der Waals surface area (Å²) in [5.74, 6) is -0.120. The molecule has 2 aromatic heterocycles. The summed E-state index contributed by atoms with van der Waals surface area (Å²) in [7, 11) is -3.78. The van der Waals surface area contributed by atoms with E-state index in [1.54, 1.807) is 23.6 Å². The van der Waals surface area contributed by atoms with Crippen LogP contribution in [0.15, 0.2) is 75.5 Å². The maximum atomic E-state index is 12.4. The van der Waals surface area contributed by atoms with Gasteiger partial charge in [0.15, 0.2) is 10.9 Å². The molecule has 0 saturated carbocycles. The fourth-order valence-corrected chi connectivity index (χ4v) is 4.85. The molecule has 0 spiro atoms. The number of nitrogens with one attached hydrogen (secondary N) is 2. The van der Waals surface area contributed by atoms with E-state index in [9.17, 15) is 13.2 Å². The van der Waals surface area contributed by atoms with Gasteiger partial charge in [-0.15, -0.1) is 11.3 Å². The van der Waals surface area contributed by atoms with Crippen molar-refractivity contribution in [2.75, 3.05) is 10.0 Å². The van der Waals surface area contributed by atoms with Crippen molar-refractivity contribution in [1.29, 1.82) is 0 Å². The third-order valence-electron chi connectivity index (χ3n) is 3.94. The maximum absolute atomic E-state index is 12.4. The lowest BCUT2D eigenvalue weighted by Gasteiger charge is -2.07. The second-order valence-corrected chi connectivity index (χ2v) is 9.70. The van der Waals surface area contributed by atoms with Gasteiger partial charge in [-0.1, -0.05) is 23.2 Å². The molecule has 0 radical (unpaired) electrons. The van der Waals surface area contributed by atoms with Gasteiger partial charge in [-0.2, -0.15) is 0 Å². The number of carbonyl (C=O) groups excluding carboxylic acids is 1. The summed E-state index contributed by atoms with van der Waals surface area (Å²) in [6.45, 7) is 0. The topological polar surface area (TPSA) is 111 Å². The Morgan fingerprint density at radius 2 is 1.75 bits per heavy atom. The Morgan fingerprint density at radius 1 is 1.03 bits per heavy atom. The highest BCUT2D eigenvalue weighted by atomic mass is 35.5. The SMILES string of the molecule is O=C(Nc1ccc(S(=O)(=O)Nc2nccs2)cc1)c1ccc(Oc2cc(Cl)cc(Cl)c2)o1. The molecule has 0 aliphatic rings. The van der Waals surface area contributed by atoms with E-state index in [4.69, 9.17) is 32.4 Å². The fraction of sp³-hybridized carbons (Fsp3) is 0. The van der Waals surface area contributed by atoms with E-state index >= 15 is 0 Å². The standard InChI is InChI=1S/C20H13Cl2N3O5S2/c21-12-9-13(22)11-15(10-12)29-18-6-5-17(30-18)19(26)24-14-1-3-16(4-2-14)32(27,28)25-20-23-7-8-31-20/h1-11H,(H,23,25)(H,24,26). The minimum atomic E-state index is -3.78. The van der Waals surface area contributed by atoms with Crippen LogP contribution in [0.5, 0.6) is 11.7 Å². The van der Waals surface area contributed by atoms with E-state index in [1.807, 2.05) is 0 Å². The lowest BCUT2D eigenvalue weighted by atomic mass is 10.3. The zero-order chi connectivity index (χ0) is 22.7. The Hall–Kier alpha value is -3.05. The maximum Gasteiger partial charge on any atom is 0.291 e. The number of nitrogens with zero attached hydrogens (tertiary/aromatic N) is 1. The predicted molar refractivity (Wildman–Crippen MR) is 123 cm³/mol. The van der Waals surface area contributed by atoms with Gasteiger partial charge in [0.05, 0.1) is 4.90 Å². The monoisotopic (exact) mass is 509 g/mol. The van der Waals surface area contributed by atoms with Crippen molar-refractivity contribution in [3.05, 3.63) is 82.0 Å². The van der Waals surface area contributed by atoms with Gasteiger partial charge >= 0.3 is 0 Å². The van der Waals surface area contributed by atoms with E-state index < -0.39 is 15.9 Å². The Morgan fingerprint density at radius 3 is 2.41 bits per heavy atom. The number of benzene rings is 2. The van der Waals surface area contributed by atoms with Gasteiger partial charge in [0.1, 0.15) is 5.75 Å². The van der Waals surface area contributed by atoms with Crippen LogP contribution < -0.4 is 14.8 Å². The van der Waals surface area contributed by atoms with Crippen LogP contribution in [0.2, 0.25) is 10.0 Å². The average Bonchev–Trinajstić information content (AvgIpc) is 3.39. The van der Waals surface area contributed by atoms with Crippen molar-refractivity contribution in [1.82, 2.24) is 4.98 Å². The predicted octanol–water partition coefficient (Wildman–Crippen LogP) is 5.89. The molecular formula is C20H13Cl2N3O5S2. The van der Waals surface area contributed by atoms with Crippen LogP contribution in [-0.2, 0) is 10.0 Å². The molecule has 0 aliphatic carbocycles. The molecular weight excluding hydrogens is 497 g/mol. The number of amides is 1. The number of furan rings is 1.